The Morgan fingerprint density at radius 3 is 2.46 bits per heavy atom. The molecule has 0 bridgehead atoms. The van der Waals surface area contributed by atoms with Crippen LogP contribution in [0.15, 0.2) is 42.5 Å². The molecular weight excluding hydrogens is 302 g/mol. The van der Waals surface area contributed by atoms with E-state index in [0.29, 0.717) is 13.2 Å². The van der Waals surface area contributed by atoms with E-state index < -0.39 is 0 Å². The molecule has 0 radical (unpaired) electrons. The van der Waals surface area contributed by atoms with Gasteiger partial charge < -0.3 is 19.5 Å². The molecule has 0 spiro atoms. The van der Waals surface area contributed by atoms with E-state index in [0.717, 1.165) is 47.9 Å². The maximum atomic E-state index is 5.74. The van der Waals surface area contributed by atoms with Gasteiger partial charge in [-0.3, -0.25) is 0 Å². The molecule has 4 nitrogen and oxygen atoms in total. The largest absolute Gasteiger partial charge is 0.496 e. The number of benzene rings is 2. The van der Waals surface area contributed by atoms with Crippen molar-refractivity contribution in [3.05, 3.63) is 53.6 Å². The van der Waals surface area contributed by atoms with Crippen molar-refractivity contribution in [1.29, 1.82) is 0 Å². The van der Waals surface area contributed by atoms with Crippen molar-refractivity contribution in [3.8, 4) is 17.2 Å². The Hall–Kier alpha value is -2.20. The van der Waals surface area contributed by atoms with Gasteiger partial charge in [0.15, 0.2) is 11.5 Å². The van der Waals surface area contributed by atoms with Gasteiger partial charge in [-0.15, -0.1) is 0 Å². The topological polar surface area (TPSA) is 39.7 Å². The van der Waals surface area contributed by atoms with Gasteiger partial charge in [0.05, 0.1) is 20.3 Å². The summed E-state index contributed by atoms with van der Waals surface area (Å²) in [6, 6.07) is 14.1. The highest BCUT2D eigenvalue weighted by Gasteiger charge is 2.07. The summed E-state index contributed by atoms with van der Waals surface area (Å²) in [7, 11) is 1.70. The molecule has 24 heavy (non-hydrogen) atoms. The molecule has 0 saturated heterocycles. The Labute approximate surface area is 144 Å². The van der Waals surface area contributed by atoms with Crippen LogP contribution >= 0.6 is 0 Å². The molecule has 4 heteroatoms. The number of nitrogens with one attached hydrogen (secondary N) is 1. The van der Waals surface area contributed by atoms with Crippen LogP contribution in [0.2, 0.25) is 0 Å². The second-order valence-electron chi connectivity index (χ2n) is 5.48. The predicted octanol–water partition coefficient (Wildman–Crippen LogP) is 4.17. The molecule has 130 valence electrons. The maximum absolute atomic E-state index is 5.74. The average molecular weight is 329 g/mol. The Kier molecular flexibility index (Phi) is 7.43. The minimum atomic E-state index is 0.626. The molecule has 0 saturated carbocycles. The minimum absolute atomic E-state index is 0.626. The molecule has 2 aromatic rings. The van der Waals surface area contributed by atoms with E-state index in [4.69, 9.17) is 14.2 Å². The number of rotatable bonds is 10. The van der Waals surface area contributed by atoms with Gasteiger partial charge in [0, 0.05) is 18.7 Å². The quantitative estimate of drug-likeness (QED) is 0.710. The van der Waals surface area contributed by atoms with Crippen molar-refractivity contribution in [3.63, 3.8) is 0 Å². The van der Waals surface area contributed by atoms with Crippen molar-refractivity contribution in [1.82, 2.24) is 5.32 Å². The average Bonchev–Trinajstić information content (AvgIpc) is 2.62. The number of hydrogen-bond acceptors (Lipinski definition) is 4. The van der Waals surface area contributed by atoms with Gasteiger partial charge in [-0.2, -0.15) is 0 Å². The lowest BCUT2D eigenvalue weighted by Crippen LogP contribution is -2.13. The first-order valence-corrected chi connectivity index (χ1v) is 8.49. The fourth-order valence-corrected chi connectivity index (χ4v) is 2.45. The normalized spacial score (nSPS) is 10.5. The molecule has 1 N–H and O–H groups in total. The third kappa shape index (κ3) is 5.17. The molecule has 0 aromatic heterocycles. The summed E-state index contributed by atoms with van der Waals surface area (Å²) in [5, 5.41) is 3.45. The Balaban J connectivity index is 1.97. The first-order valence-electron chi connectivity index (χ1n) is 8.49. The number of ether oxygens (including phenoxy) is 3. The zero-order chi connectivity index (χ0) is 17.2. The molecule has 0 unspecified atom stereocenters. The van der Waals surface area contributed by atoms with Crippen molar-refractivity contribution in [2.24, 2.45) is 0 Å². The Morgan fingerprint density at radius 2 is 1.71 bits per heavy atom. The molecule has 2 rings (SSSR count). The van der Waals surface area contributed by atoms with E-state index in [1.54, 1.807) is 7.11 Å². The lowest BCUT2D eigenvalue weighted by Gasteiger charge is -2.14. The van der Waals surface area contributed by atoms with Crippen molar-refractivity contribution in [2.45, 2.75) is 33.4 Å². The van der Waals surface area contributed by atoms with E-state index in [-0.39, 0.29) is 0 Å². The SMILES string of the molecule is CCCOc1ccc(CNCc2ccccc2OC)cc1OCC. The smallest absolute Gasteiger partial charge is 0.161 e. The van der Waals surface area contributed by atoms with E-state index in [1.807, 2.05) is 37.3 Å². The van der Waals surface area contributed by atoms with Gasteiger partial charge in [-0.25, -0.2) is 0 Å². The summed E-state index contributed by atoms with van der Waals surface area (Å²) in [6.07, 6.45) is 0.980. The van der Waals surface area contributed by atoms with Crippen LogP contribution in [0.5, 0.6) is 17.2 Å². The lowest BCUT2D eigenvalue weighted by atomic mass is 10.1. The van der Waals surface area contributed by atoms with Gasteiger partial charge in [-0.05, 0) is 37.1 Å². The van der Waals surface area contributed by atoms with Crippen LogP contribution in [0.3, 0.4) is 0 Å². The van der Waals surface area contributed by atoms with Gasteiger partial charge in [0.2, 0.25) is 0 Å². The molecule has 0 aliphatic rings. The van der Waals surface area contributed by atoms with Crippen LogP contribution < -0.4 is 19.5 Å². The fourth-order valence-electron chi connectivity index (χ4n) is 2.45. The highest BCUT2D eigenvalue weighted by atomic mass is 16.5. The molecule has 0 atom stereocenters. The Morgan fingerprint density at radius 1 is 0.875 bits per heavy atom. The monoisotopic (exact) mass is 329 g/mol. The van der Waals surface area contributed by atoms with E-state index in [1.165, 1.54) is 0 Å². The summed E-state index contributed by atoms with van der Waals surface area (Å²) in [6.45, 7) is 6.91. The lowest BCUT2D eigenvalue weighted by molar-refractivity contribution is 0.276. The van der Waals surface area contributed by atoms with Gasteiger partial charge >= 0.3 is 0 Å². The summed E-state index contributed by atoms with van der Waals surface area (Å²) in [4.78, 5) is 0. The summed E-state index contributed by atoms with van der Waals surface area (Å²) in [5.74, 6) is 2.53. The number of hydrogen-bond donors (Lipinski definition) is 1. The third-order valence-corrected chi connectivity index (χ3v) is 3.61. The van der Waals surface area contributed by atoms with Crippen LogP contribution in [-0.2, 0) is 13.1 Å². The number of methoxy groups -OCH3 is 1. The second-order valence-corrected chi connectivity index (χ2v) is 5.48. The van der Waals surface area contributed by atoms with Crippen LogP contribution in [0.25, 0.3) is 0 Å². The highest BCUT2D eigenvalue weighted by molar-refractivity contribution is 5.43. The zero-order valence-electron chi connectivity index (χ0n) is 14.8. The molecular formula is C20H27NO3. The Bertz CT molecular complexity index is 628. The third-order valence-electron chi connectivity index (χ3n) is 3.61. The fraction of sp³-hybridized carbons (Fsp3) is 0.400. The van der Waals surface area contributed by atoms with Gasteiger partial charge in [0.1, 0.15) is 5.75 Å². The van der Waals surface area contributed by atoms with Gasteiger partial charge in [0.25, 0.3) is 0 Å². The van der Waals surface area contributed by atoms with Crippen LogP contribution in [0.4, 0.5) is 0 Å². The van der Waals surface area contributed by atoms with E-state index in [9.17, 15) is 0 Å². The van der Waals surface area contributed by atoms with Crippen molar-refractivity contribution >= 4 is 0 Å². The van der Waals surface area contributed by atoms with Crippen LogP contribution in [-0.4, -0.2) is 20.3 Å². The molecule has 0 aliphatic heterocycles. The molecule has 2 aromatic carbocycles. The predicted molar refractivity (Wildman–Crippen MR) is 96.9 cm³/mol. The van der Waals surface area contributed by atoms with Crippen LogP contribution in [0.1, 0.15) is 31.4 Å². The van der Waals surface area contributed by atoms with E-state index >= 15 is 0 Å². The van der Waals surface area contributed by atoms with Crippen molar-refractivity contribution < 1.29 is 14.2 Å². The van der Waals surface area contributed by atoms with Gasteiger partial charge in [-0.1, -0.05) is 31.2 Å². The molecule has 0 fully saturated rings. The zero-order valence-corrected chi connectivity index (χ0v) is 14.8. The molecule has 0 heterocycles. The standard InChI is InChI=1S/C20H27NO3/c1-4-12-24-19-11-10-16(13-20(19)23-5-2)14-21-15-17-8-6-7-9-18(17)22-3/h6-11,13,21H,4-5,12,14-15H2,1-3H3. The summed E-state index contributed by atoms with van der Waals surface area (Å²) in [5.41, 5.74) is 2.31. The summed E-state index contributed by atoms with van der Waals surface area (Å²) >= 11 is 0. The summed E-state index contributed by atoms with van der Waals surface area (Å²) < 4.78 is 16.8. The maximum Gasteiger partial charge on any atom is 0.161 e. The first kappa shape index (κ1) is 18.1. The minimum Gasteiger partial charge on any atom is -0.496 e. The van der Waals surface area contributed by atoms with E-state index in [2.05, 4.69) is 24.4 Å². The van der Waals surface area contributed by atoms with Crippen molar-refractivity contribution in [2.75, 3.05) is 20.3 Å². The molecule has 0 aliphatic carbocycles. The van der Waals surface area contributed by atoms with Crippen LogP contribution in [0, 0.1) is 0 Å². The molecule has 0 amide bonds. The first-order chi connectivity index (χ1) is 11.8. The second kappa shape index (κ2) is 9.83. The number of para-hydroxylation sites is 1. The highest BCUT2D eigenvalue weighted by Crippen LogP contribution is 2.28.